The van der Waals surface area contributed by atoms with Gasteiger partial charge in [0.2, 0.25) is 0 Å². The molecule has 0 saturated heterocycles. The number of carboxylic acid groups (broad SMARTS) is 1. The molecule has 28 heavy (non-hydrogen) atoms. The number of nitrogens with one attached hydrogen (secondary N) is 1. The van der Waals surface area contributed by atoms with E-state index in [0.717, 1.165) is 11.0 Å². The van der Waals surface area contributed by atoms with Gasteiger partial charge in [0.25, 0.3) is 11.8 Å². The number of hydrogen-bond donors (Lipinski definition) is 2. The molecule has 0 bridgehead atoms. The topological polar surface area (TPSA) is 95.9 Å². The summed E-state index contributed by atoms with van der Waals surface area (Å²) in [6.45, 7) is -0.689. The lowest BCUT2D eigenvalue weighted by molar-refractivity contribution is -0.137. The number of carbonyl (C=O) groups excluding carboxylic acids is 2. The van der Waals surface area contributed by atoms with E-state index in [2.05, 4.69) is 5.32 Å². The van der Waals surface area contributed by atoms with Crippen LogP contribution >= 0.6 is 0 Å². The van der Waals surface area contributed by atoms with E-state index >= 15 is 0 Å². The molecule has 1 heterocycles. The zero-order valence-electron chi connectivity index (χ0n) is 14.6. The molecule has 0 aromatic heterocycles. The molecule has 7 nitrogen and oxygen atoms in total. The first-order chi connectivity index (χ1) is 13.3. The van der Waals surface area contributed by atoms with Gasteiger partial charge in [-0.05, 0) is 24.3 Å². The minimum Gasteiger partial charge on any atom is -0.482 e. The summed E-state index contributed by atoms with van der Waals surface area (Å²) in [6.07, 6.45) is -0.361. The number of anilines is 1. The SMILES string of the molecule is O=C(O)CCN(Cc1cccc(F)c1F)C(=O)c1ccc2c(c1)OCC(=O)N2. The predicted molar refractivity (Wildman–Crippen MR) is 93.9 cm³/mol. The van der Waals surface area contributed by atoms with E-state index in [-0.39, 0.29) is 43.2 Å². The largest absolute Gasteiger partial charge is 0.482 e. The summed E-state index contributed by atoms with van der Waals surface area (Å²) >= 11 is 0. The monoisotopic (exact) mass is 390 g/mol. The van der Waals surface area contributed by atoms with Crippen molar-refractivity contribution < 1.29 is 33.0 Å². The van der Waals surface area contributed by atoms with Gasteiger partial charge in [0.05, 0.1) is 12.1 Å². The van der Waals surface area contributed by atoms with Crippen LogP contribution < -0.4 is 10.1 Å². The van der Waals surface area contributed by atoms with E-state index in [0.29, 0.717) is 11.4 Å². The maximum Gasteiger partial charge on any atom is 0.305 e. The summed E-state index contributed by atoms with van der Waals surface area (Å²) in [4.78, 5) is 36.3. The zero-order valence-corrected chi connectivity index (χ0v) is 14.6. The Bertz CT molecular complexity index is 948. The number of benzene rings is 2. The Kier molecular flexibility index (Phi) is 5.53. The lowest BCUT2D eigenvalue weighted by Crippen LogP contribution is -2.33. The Labute approximate surface area is 158 Å². The molecule has 146 valence electrons. The van der Waals surface area contributed by atoms with E-state index in [1.807, 2.05) is 0 Å². The van der Waals surface area contributed by atoms with Crippen LogP contribution in [0.15, 0.2) is 36.4 Å². The minimum atomic E-state index is -1.13. The summed E-state index contributed by atoms with van der Waals surface area (Å²) < 4.78 is 32.7. The molecule has 2 amide bonds. The minimum absolute atomic E-state index is 0.0692. The highest BCUT2D eigenvalue weighted by Gasteiger charge is 2.23. The predicted octanol–water partition coefficient (Wildman–Crippen LogP) is 2.41. The quantitative estimate of drug-likeness (QED) is 0.790. The Balaban J connectivity index is 1.87. The van der Waals surface area contributed by atoms with Gasteiger partial charge in [0, 0.05) is 24.2 Å². The number of rotatable bonds is 6. The first-order valence-corrected chi connectivity index (χ1v) is 8.36. The molecule has 1 aliphatic rings. The molecule has 0 radical (unpaired) electrons. The highest BCUT2D eigenvalue weighted by atomic mass is 19.2. The van der Waals surface area contributed by atoms with Crippen LogP contribution in [0.2, 0.25) is 0 Å². The molecule has 0 atom stereocenters. The van der Waals surface area contributed by atoms with Crippen LogP contribution in [-0.2, 0) is 16.1 Å². The molecule has 2 aromatic carbocycles. The van der Waals surface area contributed by atoms with Crippen LogP contribution in [0.4, 0.5) is 14.5 Å². The first kappa shape index (κ1) is 19.3. The van der Waals surface area contributed by atoms with Crippen LogP contribution in [0.3, 0.4) is 0 Å². The Hall–Kier alpha value is -3.49. The summed E-state index contributed by atoms with van der Waals surface area (Å²) in [6, 6.07) is 7.92. The van der Waals surface area contributed by atoms with Crippen LogP contribution in [0.1, 0.15) is 22.3 Å². The lowest BCUT2D eigenvalue weighted by atomic mass is 10.1. The number of halogens is 2. The fourth-order valence-corrected chi connectivity index (χ4v) is 2.75. The van der Waals surface area contributed by atoms with Crippen LogP contribution in [-0.4, -0.2) is 40.9 Å². The van der Waals surface area contributed by atoms with E-state index in [1.54, 1.807) is 0 Å². The second-order valence-corrected chi connectivity index (χ2v) is 6.13. The van der Waals surface area contributed by atoms with Gasteiger partial charge in [0.15, 0.2) is 18.2 Å². The molecule has 2 aromatic rings. The summed E-state index contributed by atoms with van der Waals surface area (Å²) in [5, 5.41) is 11.5. The van der Waals surface area contributed by atoms with Gasteiger partial charge in [-0.15, -0.1) is 0 Å². The van der Waals surface area contributed by atoms with Crippen molar-refractivity contribution in [2.45, 2.75) is 13.0 Å². The van der Waals surface area contributed by atoms with Crippen molar-refractivity contribution in [1.82, 2.24) is 4.90 Å². The normalized spacial score (nSPS) is 12.6. The second kappa shape index (κ2) is 8.03. The molecular weight excluding hydrogens is 374 g/mol. The number of amides is 2. The number of hydrogen-bond acceptors (Lipinski definition) is 4. The van der Waals surface area contributed by atoms with Crippen LogP contribution in [0.5, 0.6) is 5.75 Å². The molecule has 9 heteroatoms. The van der Waals surface area contributed by atoms with Gasteiger partial charge in [-0.2, -0.15) is 0 Å². The molecule has 0 spiro atoms. The van der Waals surface area contributed by atoms with Gasteiger partial charge in [-0.3, -0.25) is 14.4 Å². The van der Waals surface area contributed by atoms with E-state index in [4.69, 9.17) is 9.84 Å². The van der Waals surface area contributed by atoms with Crippen molar-refractivity contribution in [3.05, 3.63) is 59.2 Å². The third kappa shape index (κ3) is 4.25. The fraction of sp³-hybridized carbons (Fsp3) is 0.211. The van der Waals surface area contributed by atoms with Crippen molar-refractivity contribution in [3.8, 4) is 5.75 Å². The number of carboxylic acids is 1. The van der Waals surface area contributed by atoms with E-state index < -0.39 is 23.5 Å². The second-order valence-electron chi connectivity index (χ2n) is 6.13. The average Bonchev–Trinajstić information content (AvgIpc) is 2.67. The molecular formula is C19H16F2N2O5. The van der Waals surface area contributed by atoms with Gasteiger partial charge >= 0.3 is 5.97 Å². The number of ether oxygens (including phenoxy) is 1. The van der Waals surface area contributed by atoms with Crippen molar-refractivity contribution in [3.63, 3.8) is 0 Å². The van der Waals surface area contributed by atoms with Crippen molar-refractivity contribution >= 4 is 23.5 Å². The Morgan fingerprint density at radius 2 is 2.00 bits per heavy atom. The third-order valence-electron chi connectivity index (χ3n) is 4.14. The average molecular weight is 390 g/mol. The van der Waals surface area contributed by atoms with E-state index in [1.165, 1.54) is 30.3 Å². The highest BCUT2D eigenvalue weighted by molar-refractivity contribution is 5.99. The molecule has 0 aliphatic carbocycles. The van der Waals surface area contributed by atoms with Crippen molar-refractivity contribution in [2.75, 3.05) is 18.5 Å². The van der Waals surface area contributed by atoms with Crippen molar-refractivity contribution in [1.29, 1.82) is 0 Å². The Morgan fingerprint density at radius 3 is 2.75 bits per heavy atom. The van der Waals surface area contributed by atoms with Gasteiger partial charge < -0.3 is 20.1 Å². The molecule has 0 fully saturated rings. The number of nitrogens with zero attached hydrogens (tertiary/aromatic N) is 1. The molecule has 0 saturated carbocycles. The maximum absolute atomic E-state index is 14.0. The maximum atomic E-state index is 14.0. The Morgan fingerprint density at radius 1 is 1.21 bits per heavy atom. The standard InChI is InChI=1S/C19H16F2N2O5/c20-13-3-1-2-12(18(13)21)9-23(7-6-17(25)26)19(27)11-4-5-14-15(8-11)28-10-16(24)22-14/h1-5,8H,6-7,9-10H2,(H,22,24)(H,25,26). The lowest BCUT2D eigenvalue weighted by Gasteiger charge is -2.24. The number of fused-ring (bicyclic) bond motifs is 1. The van der Waals surface area contributed by atoms with Gasteiger partial charge in [-0.1, -0.05) is 12.1 Å². The third-order valence-corrected chi connectivity index (χ3v) is 4.14. The smallest absolute Gasteiger partial charge is 0.305 e. The van der Waals surface area contributed by atoms with Crippen LogP contribution in [0.25, 0.3) is 0 Å². The van der Waals surface area contributed by atoms with Gasteiger partial charge in [0.1, 0.15) is 5.75 Å². The summed E-state index contributed by atoms with van der Waals surface area (Å²) in [7, 11) is 0. The zero-order chi connectivity index (χ0) is 20.3. The summed E-state index contributed by atoms with van der Waals surface area (Å²) in [5.41, 5.74) is 0.498. The first-order valence-electron chi connectivity index (χ1n) is 8.36. The molecule has 0 unspecified atom stereocenters. The highest BCUT2D eigenvalue weighted by Crippen LogP contribution is 2.29. The van der Waals surface area contributed by atoms with E-state index in [9.17, 15) is 23.2 Å². The molecule has 3 rings (SSSR count). The number of carbonyl (C=O) groups is 3. The van der Waals surface area contributed by atoms with Gasteiger partial charge in [-0.25, -0.2) is 8.78 Å². The number of aliphatic carboxylic acids is 1. The fourth-order valence-electron chi connectivity index (χ4n) is 2.75. The van der Waals surface area contributed by atoms with Crippen LogP contribution in [0, 0.1) is 11.6 Å². The summed E-state index contributed by atoms with van der Waals surface area (Å²) in [5.74, 6) is -3.88. The van der Waals surface area contributed by atoms with Crippen molar-refractivity contribution in [2.24, 2.45) is 0 Å². The molecule has 2 N–H and O–H groups in total. The molecule has 1 aliphatic heterocycles.